The van der Waals surface area contributed by atoms with E-state index in [9.17, 15) is 4.79 Å². The second kappa shape index (κ2) is 11.2. The number of amidine groups is 1. The lowest BCUT2D eigenvalue weighted by Gasteiger charge is -2.22. The third-order valence-electron chi connectivity index (χ3n) is 8.24. The van der Waals surface area contributed by atoms with Gasteiger partial charge in [0, 0.05) is 39.9 Å². The molecular formula is C40H31N3O. The van der Waals surface area contributed by atoms with E-state index in [1.807, 2.05) is 97.2 Å². The van der Waals surface area contributed by atoms with Crippen LogP contribution < -0.4 is 15.7 Å². The van der Waals surface area contributed by atoms with Crippen molar-refractivity contribution in [1.82, 2.24) is 4.40 Å². The quantitative estimate of drug-likeness (QED) is 0.154. The lowest BCUT2D eigenvalue weighted by molar-refractivity contribution is 1.19. The number of aromatic nitrogens is 1. The first kappa shape index (κ1) is 27.1. The van der Waals surface area contributed by atoms with Gasteiger partial charge in [0.25, 0.3) is 5.56 Å². The zero-order valence-electron chi connectivity index (χ0n) is 24.7. The molecule has 0 saturated heterocycles. The number of allylic oxidation sites excluding steroid dienone is 1. The molecule has 0 fully saturated rings. The molecule has 4 heteroatoms. The smallest absolute Gasteiger partial charge is 0.263 e. The maximum Gasteiger partial charge on any atom is 0.263 e. The summed E-state index contributed by atoms with van der Waals surface area (Å²) in [4.78, 5) is 20.9. The normalized spacial score (nSPS) is 12.1. The van der Waals surface area contributed by atoms with Crippen molar-refractivity contribution in [3.8, 4) is 11.1 Å². The molecule has 0 aliphatic heterocycles. The van der Waals surface area contributed by atoms with Crippen LogP contribution >= 0.6 is 0 Å². The molecule has 0 spiro atoms. The third kappa shape index (κ3) is 4.58. The highest BCUT2D eigenvalue weighted by Gasteiger charge is 2.17. The fourth-order valence-corrected chi connectivity index (χ4v) is 6.06. The van der Waals surface area contributed by atoms with E-state index in [2.05, 4.69) is 72.2 Å². The molecule has 0 aliphatic rings. The van der Waals surface area contributed by atoms with E-state index in [1.54, 1.807) is 0 Å². The van der Waals surface area contributed by atoms with Gasteiger partial charge in [-0.25, -0.2) is 4.99 Å². The molecule has 0 saturated carbocycles. The van der Waals surface area contributed by atoms with Gasteiger partial charge in [-0.1, -0.05) is 104 Å². The van der Waals surface area contributed by atoms with Crippen molar-refractivity contribution in [2.24, 2.45) is 4.99 Å². The molecule has 44 heavy (non-hydrogen) atoms. The molecule has 0 bridgehead atoms. The minimum atomic E-state index is -0.0198. The average Bonchev–Trinajstić information content (AvgIpc) is 3.40. The fourth-order valence-electron chi connectivity index (χ4n) is 6.06. The molecule has 2 heterocycles. The maximum atomic E-state index is 13.7. The highest BCUT2D eigenvalue weighted by atomic mass is 16.1. The molecule has 0 aliphatic carbocycles. The number of rotatable bonds is 5. The van der Waals surface area contributed by atoms with E-state index < -0.39 is 0 Å². The van der Waals surface area contributed by atoms with Crippen LogP contribution in [0.1, 0.15) is 18.1 Å². The summed E-state index contributed by atoms with van der Waals surface area (Å²) >= 11 is 0. The second-order valence-corrected chi connectivity index (χ2v) is 10.9. The number of hydrogen-bond donors (Lipinski definition) is 0. The van der Waals surface area contributed by atoms with Crippen molar-refractivity contribution >= 4 is 57.1 Å². The van der Waals surface area contributed by atoms with Gasteiger partial charge in [-0.15, -0.1) is 0 Å². The van der Waals surface area contributed by atoms with E-state index in [0.717, 1.165) is 66.5 Å². The van der Waals surface area contributed by atoms with Crippen molar-refractivity contribution in [2.45, 2.75) is 6.92 Å². The van der Waals surface area contributed by atoms with Crippen molar-refractivity contribution in [3.05, 3.63) is 160 Å². The number of anilines is 1. The number of aliphatic imine (C=N–C) groups is 1. The Bertz CT molecular complexity index is 2320. The number of nitrogens with zero attached hydrogens (tertiary/aromatic N) is 3. The molecule has 0 atom stereocenters. The summed E-state index contributed by atoms with van der Waals surface area (Å²) in [5, 5.41) is 3.46. The SMILES string of the molecule is C=c1c2ccccc2c(=O)n2c1c(/C=C\C)c1cc(-c3ccc(C(=Nc4ccccc4)N(C)c4ccccc4)cc3)ccc12. The van der Waals surface area contributed by atoms with Crippen LogP contribution in [0.25, 0.3) is 51.0 Å². The molecule has 2 aromatic heterocycles. The number of para-hydroxylation sites is 2. The third-order valence-corrected chi connectivity index (χ3v) is 8.24. The van der Waals surface area contributed by atoms with Crippen LogP contribution in [0.5, 0.6) is 0 Å². The van der Waals surface area contributed by atoms with Crippen LogP contribution in [-0.2, 0) is 0 Å². The topological polar surface area (TPSA) is 37.1 Å². The van der Waals surface area contributed by atoms with E-state index in [-0.39, 0.29) is 5.56 Å². The second-order valence-electron chi connectivity index (χ2n) is 10.9. The van der Waals surface area contributed by atoms with Gasteiger partial charge in [-0.3, -0.25) is 9.20 Å². The lowest BCUT2D eigenvalue weighted by atomic mass is 10.00. The first-order valence-corrected chi connectivity index (χ1v) is 14.7. The van der Waals surface area contributed by atoms with Crippen molar-refractivity contribution in [1.29, 1.82) is 0 Å². The van der Waals surface area contributed by atoms with Crippen molar-refractivity contribution < 1.29 is 0 Å². The van der Waals surface area contributed by atoms with Gasteiger partial charge in [0.1, 0.15) is 5.84 Å². The summed E-state index contributed by atoms with van der Waals surface area (Å²) < 4.78 is 1.83. The largest absolute Gasteiger partial charge is 0.329 e. The zero-order chi connectivity index (χ0) is 30.2. The van der Waals surface area contributed by atoms with E-state index >= 15 is 0 Å². The number of benzene rings is 5. The maximum absolute atomic E-state index is 13.7. The van der Waals surface area contributed by atoms with Crippen LogP contribution in [0.15, 0.2) is 143 Å². The summed E-state index contributed by atoms with van der Waals surface area (Å²) in [6, 6.07) is 42.9. The summed E-state index contributed by atoms with van der Waals surface area (Å²) in [5.41, 5.74) is 7.86. The van der Waals surface area contributed by atoms with Crippen LogP contribution in [-0.4, -0.2) is 17.3 Å². The van der Waals surface area contributed by atoms with Crippen LogP contribution in [0.3, 0.4) is 0 Å². The Morgan fingerprint density at radius 1 is 0.750 bits per heavy atom. The van der Waals surface area contributed by atoms with Gasteiger partial charge in [0.2, 0.25) is 0 Å². The molecule has 212 valence electrons. The molecule has 4 nitrogen and oxygen atoms in total. The summed E-state index contributed by atoms with van der Waals surface area (Å²) in [5.74, 6) is 0.858. The predicted molar refractivity (Wildman–Crippen MR) is 187 cm³/mol. The van der Waals surface area contributed by atoms with Gasteiger partial charge < -0.3 is 4.90 Å². The minimum Gasteiger partial charge on any atom is -0.329 e. The first-order valence-electron chi connectivity index (χ1n) is 14.7. The Morgan fingerprint density at radius 2 is 1.39 bits per heavy atom. The number of fused-ring (bicyclic) bond motifs is 4. The number of hydrogen-bond acceptors (Lipinski definition) is 2. The molecule has 7 rings (SSSR count). The Hall–Kier alpha value is -5.74. The van der Waals surface area contributed by atoms with E-state index in [0.29, 0.717) is 5.39 Å². The highest BCUT2D eigenvalue weighted by Crippen LogP contribution is 2.31. The zero-order valence-corrected chi connectivity index (χ0v) is 24.7. The Labute approximate surface area is 256 Å². The first-order chi connectivity index (χ1) is 21.5. The predicted octanol–water partition coefficient (Wildman–Crippen LogP) is 8.65. The highest BCUT2D eigenvalue weighted by molar-refractivity contribution is 6.11. The van der Waals surface area contributed by atoms with Gasteiger partial charge in [0.05, 0.1) is 16.7 Å². The Morgan fingerprint density at radius 3 is 2.09 bits per heavy atom. The average molecular weight is 570 g/mol. The molecule has 0 unspecified atom stereocenters. The van der Waals surface area contributed by atoms with Crippen LogP contribution in [0.4, 0.5) is 11.4 Å². The van der Waals surface area contributed by atoms with Gasteiger partial charge in [-0.05, 0) is 65.9 Å². The molecular weight excluding hydrogens is 538 g/mol. The van der Waals surface area contributed by atoms with Crippen molar-refractivity contribution in [3.63, 3.8) is 0 Å². The van der Waals surface area contributed by atoms with Gasteiger partial charge >= 0.3 is 0 Å². The summed E-state index contributed by atoms with van der Waals surface area (Å²) in [6.07, 6.45) is 4.10. The van der Waals surface area contributed by atoms with Crippen LogP contribution in [0, 0.1) is 0 Å². The summed E-state index contributed by atoms with van der Waals surface area (Å²) in [6.45, 7) is 6.42. The monoisotopic (exact) mass is 569 g/mol. The fraction of sp³-hybridized carbons (Fsp3) is 0.0500. The molecule has 7 aromatic rings. The molecule has 5 aromatic carbocycles. The standard InChI is InChI=1S/C40H31N3O/c1-4-13-34-36-26-30(24-25-37(36)43-38(34)27(2)33-18-11-12-19-35(33)40(43)44)28-20-22-29(23-21-28)39(41-31-14-7-5-8-15-31)42(3)32-16-9-6-10-17-32/h4-26H,2H2,1,3H3/b13-4-,41-39?. The lowest BCUT2D eigenvalue weighted by Crippen LogP contribution is -2.27. The molecule has 0 radical (unpaired) electrons. The van der Waals surface area contributed by atoms with Gasteiger partial charge in [0.15, 0.2) is 0 Å². The number of pyridine rings is 1. The van der Waals surface area contributed by atoms with Crippen molar-refractivity contribution in [2.75, 3.05) is 11.9 Å². The Balaban J connectivity index is 1.36. The van der Waals surface area contributed by atoms with E-state index in [4.69, 9.17) is 4.99 Å². The molecule has 0 N–H and O–H groups in total. The summed E-state index contributed by atoms with van der Waals surface area (Å²) in [7, 11) is 2.05. The minimum absolute atomic E-state index is 0.0198. The Kier molecular flexibility index (Phi) is 6.88. The van der Waals surface area contributed by atoms with Crippen LogP contribution in [0.2, 0.25) is 0 Å². The van der Waals surface area contributed by atoms with E-state index in [1.165, 1.54) is 0 Å². The molecule has 0 amide bonds. The van der Waals surface area contributed by atoms with Gasteiger partial charge in [-0.2, -0.15) is 0 Å².